The van der Waals surface area contributed by atoms with E-state index in [1.54, 1.807) is 13.2 Å². The number of ether oxygens (including phenoxy) is 1. The van der Waals surface area contributed by atoms with Crippen molar-refractivity contribution in [2.24, 2.45) is 0 Å². The topological polar surface area (TPSA) is 50.4 Å². The van der Waals surface area contributed by atoms with Crippen LogP contribution in [0.1, 0.15) is 0 Å². The van der Waals surface area contributed by atoms with E-state index in [4.69, 9.17) is 4.74 Å². The lowest BCUT2D eigenvalue weighted by Crippen LogP contribution is -2.19. The maximum absolute atomic E-state index is 12.2. The minimum atomic E-state index is -0.287. The first-order valence-electron chi connectivity index (χ1n) is 6.96. The highest BCUT2D eigenvalue weighted by atomic mass is 16.5. The molecule has 3 rings (SSSR count). The van der Waals surface area contributed by atoms with Gasteiger partial charge in [0.05, 0.1) is 12.8 Å². The number of fused-ring (bicyclic) bond motifs is 1. The van der Waals surface area contributed by atoms with Crippen LogP contribution in [-0.4, -0.2) is 13.1 Å². The first-order valence-corrected chi connectivity index (χ1v) is 6.96. The normalized spacial score (nSPS) is 10.2. The van der Waals surface area contributed by atoms with E-state index in [2.05, 4.69) is 10.6 Å². The first-order chi connectivity index (χ1) is 10.8. The molecule has 4 heteroatoms. The number of anilines is 2. The van der Waals surface area contributed by atoms with Crippen molar-refractivity contribution >= 4 is 28.2 Å². The summed E-state index contributed by atoms with van der Waals surface area (Å²) in [5, 5.41) is 7.77. The highest BCUT2D eigenvalue weighted by molar-refractivity contribution is 6.06. The molecule has 0 aliphatic carbocycles. The summed E-state index contributed by atoms with van der Waals surface area (Å²) in [5.41, 5.74) is 1.45. The number of urea groups is 1. The number of rotatable bonds is 3. The van der Waals surface area contributed by atoms with E-state index in [9.17, 15) is 4.79 Å². The molecule has 3 aromatic carbocycles. The van der Waals surface area contributed by atoms with Gasteiger partial charge in [-0.15, -0.1) is 0 Å². The zero-order valence-electron chi connectivity index (χ0n) is 12.2. The Morgan fingerprint density at radius 3 is 2.55 bits per heavy atom. The Balaban J connectivity index is 1.78. The molecule has 0 aromatic heterocycles. The number of hydrogen-bond acceptors (Lipinski definition) is 2. The van der Waals surface area contributed by atoms with Crippen molar-refractivity contribution in [3.8, 4) is 5.75 Å². The lowest BCUT2D eigenvalue weighted by atomic mass is 10.1. The van der Waals surface area contributed by atoms with Crippen LogP contribution < -0.4 is 15.4 Å². The second kappa shape index (κ2) is 6.18. The summed E-state index contributed by atoms with van der Waals surface area (Å²) in [7, 11) is 1.59. The third-order valence-electron chi connectivity index (χ3n) is 3.37. The van der Waals surface area contributed by atoms with Crippen LogP contribution in [-0.2, 0) is 0 Å². The molecule has 2 N–H and O–H groups in total. The van der Waals surface area contributed by atoms with Crippen molar-refractivity contribution in [3.63, 3.8) is 0 Å². The minimum Gasteiger partial charge on any atom is -0.497 e. The summed E-state index contributed by atoms with van der Waals surface area (Å²) in [6, 6.07) is 20.7. The number of carbonyl (C=O) groups is 1. The molecule has 22 heavy (non-hydrogen) atoms. The van der Waals surface area contributed by atoms with Crippen LogP contribution in [0.15, 0.2) is 66.7 Å². The Morgan fingerprint density at radius 1 is 0.909 bits per heavy atom. The van der Waals surface area contributed by atoms with Gasteiger partial charge in [-0.2, -0.15) is 0 Å². The fourth-order valence-corrected chi connectivity index (χ4v) is 2.32. The lowest BCUT2D eigenvalue weighted by molar-refractivity contribution is 0.262. The summed E-state index contributed by atoms with van der Waals surface area (Å²) in [6.07, 6.45) is 0. The molecule has 0 heterocycles. The van der Waals surface area contributed by atoms with Gasteiger partial charge in [0.1, 0.15) is 5.75 Å². The van der Waals surface area contributed by atoms with Crippen LogP contribution >= 0.6 is 0 Å². The van der Waals surface area contributed by atoms with Crippen molar-refractivity contribution in [3.05, 3.63) is 66.7 Å². The fraction of sp³-hybridized carbons (Fsp3) is 0.0556. The fourth-order valence-electron chi connectivity index (χ4n) is 2.32. The van der Waals surface area contributed by atoms with Crippen LogP contribution in [0.3, 0.4) is 0 Å². The molecular weight excluding hydrogens is 276 g/mol. The van der Waals surface area contributed by atoms with Gasteiger partial charge >= 0.3 is 6.03 Å². The second-order valence-corrected chi connectivity index (χ2v) is 4.84. The molecule has 0 saturated heterocycles. The smallest absolute Gasteiger partial charge is 0.323 e. The monoisotopic (exact) mass is 292 g/mol. The lowest BCUT2D eigenvalue weighted by Gasteiger charge is -2.10. The predicted molar refractivity (Wildman–Crippen MR) is 89.6 cm³/mol. The van der Waals surface area contributed by atoms with E-state index >= 15 is 0 Å². The molecule has 0 radical (unpaired) electrons. The van der Waals surface area contributed by atoms with Crippen LogP contribution in [0.25, 0.3) is 10.8 Å². The van der Waals surface area contributed by atoms with E-state index in [0.717, 1.165) is 16.5 Å². The Kier molecular flexibility index (Phi) is 3.92. The van der Waals surface area contributed by atoms with E-state index in [1.165, 1.54) is 0 Å². The summed E-state index contributed by atoms with van der Waals surface area (Å²) >= 11 is 0. The highest BCUT2D eigenvalue weighted by Gasteiger charge is 2.06. The Bertz CT molecular complexity index is 810. The van der Waals surface area contributed by atoms with Crippen molar-refractivity contribution in [2.45, 2.75) is 0 Å². The van der Waals surface area contributed by atoms with Gasteiger partial charge in [-0.25, -0.2) is 4.79 Å². The molecule has 0 aliphatic rings. The number of hydrogen-bond donors (Lipinski definition) is 2. The SMILES string of the molecule is COc1cccc(NC(=O)Nc2cccc3ccccc23)c1. The highest BCUT2D eigenvalue weighted by Crippen LogP contribution is 2.23. The molecule has 0 bridgehead atoms. The Labute approximate surface area is 128 Å². The van der Waals surface area contributed by atoms with Gasteiger partial charge < -0.3 is 15.4 Å². The van der Waals surface area contributed by atoms with E-state index < -0.39 is 0 Å². The maximum Gasteiger partial charge on any atom is 0.323 e. The number of methoxy groups -OCH3 is 1. The second-order valence-electron chi connectivity index (χ2n) is 4.84. The summed E-state index contributed by atoms with van der Waals surface area (Å²) in [6.45, 7) is 0. The average Bonchev–Trinajstić information content (AvgIpc) is 2.55. The molecule has 0 aliphatic heterocycles. The van der Waals surface area contributed by atoms with Crippen molar-refractivity contribution in [1.29, 1.82) is 0 Å². The molecule has 0 spiro atoms. The minimum absolute atomic E-state index is 0.287. The zero-order chi connectivity index (χ0) is 15.4. The van der Waals surface area contributed by atoms with Gasteiger partial charge in [-0.05, 0) is 23.6 Å². The Hall–Kier alpha value is -3.01. The molecule has 0 unspecified atom stereocenters. The molecule has 4 nitrogen and oxygen atoms in total. The Morgan fingerprint density at radius 2 is 1.68 bits per heavy atom. The number of carbonyl (C=O) groups excluding carboxylic acids is 1. The average molecular weight is 292 g/mol. The summed E-state index contributed by atoms with van der Waals surface area (Å²) in [5.74, 6) is 0.697. The van der Waals surface area contributed by atoms with Gasteiger partial charge in [0.25, 0.3) is 0 Å². The quantitative estimate of drug-likeness (QED) is 0.747. The zero-order valence-corrected chi connectivity index (χ0v) is 12.2. The molecule has 0 atom stereocenters. The third-order valence-corrected chi connectivity index (χ3v) is 3.37. The van der Waals surface area contributed by atoms with Crippen LogP contribution in [0.5, 0.6) is 5.75 Å². The maximum atomic E-state index is 12.2. The van der Waals surface area contributed by atoms with E-state index in [-0.39, 0.29) is 6.03 Å². The molecule has 3 aromatic rings. The van der Waals surface area contributed by atoms with Crippen LogP contribution in [0.4, 0.5) is 16.2 Å². The van der Waals surface area contributed by atoms with Gasteiger partial charge in [0, 0.05) is 17.1 Å². The summed E-state index contributed by atoms with van der Waals surface area (Å²) < 4.78 is 5.14. The molecule has 2 amide bonds. The number of nitrogens with one attached hydrogen (secondary N) is 2. The van der Waals surface area contributed by atoms with Crippen molar-refractivity contribution in [2.75, 3.05) is 17.7 Å². The standard InChI is InChI=1S/C18H16N2O2/c1-22-15-9-5-8-14(12-15)19-18(21)20-17-11-4-7-13-6-2-3-10-16(13)17/h2-12H,1H3,(H2,19,20,21). The largest absolute Gasteiger partial charge is 0.497 e. The molecule has 110 valence electrons. The van der Waals surface area contributed by atoms with Gasteiger partial charge in [0.2, 0.25) is 0 Å². The third kappa shape index (κ3) is 3.01. The van der Waals surface area contributed by atoms with Crippen LogP contribution in [0.2, 0.25) is 0 Å². The number of amides is 2. The van der Waals surface area contributed by atoms with Crippen molar-refractivity contribution in [1.82, 2.24) is 0 Å². The number of benzene rings is 3. The molecular formula is C18H16N2O2. The van der Waals surface area contributed by atoms with Gasteiger partial charge in [-0.1, -0.05) is 42.5 Å². The van der Waals surface area contributed by atoms with Gasteiger partial charge in [0.15, 0.2) is 0 Å². The van der Waals surface area contributed by atoms with Crippen molar-refractivity contribution < 1.29 is 9.53 Å². The molecule has 0 saturated carbocycles. The predicted octanol–water partition coefficient (Wildman–Crippen LogP) is 4.49. The van der Waals surface area contributed by atoms with E-state index in [0.29, 0.717) is 11.4 Å². The summed E-state index contributed by atoms with van der Waals surface area (Å²) in [4.78, 5) is 12.2. The molecule has 0 fully saturated rings. The van der Waals surface area contributed by atoms with Crippen LogP contribution in [0, 0.1) is 0 Å². The van der Waals surface area contributed by atoms with E-state index in [1.807, 2.05) is 60.7 Å². The first kappa shape index (κ1) is 13.9. The van der Waals surface area contributed by atoms with Gasteiger partial charge in [-0.3, -0.25) is 0 Å².